The SMILES string of the molecule is O=C(CC1CCCNC1)Nc1cc(Cl)ccc1Br. The van der Waals surface area contributed by atoms with Gasteiger partial charge in [-0.05, 0) is 66.0 Å². The van der Waals surface area contributed by atoms with Gasteiger partial charge in [-0.25, -0.2) is 0 Å². The summed E-state index contributed by atoms with van der Waals surface area (Å²) in [6, 6.07) is 5.37. The van der Waals surface area contributed by atoms with Gasteiger partial charge >= 0.3 is 0 Å². The van der Waals surface area contributed by atoms with Crippen LogP contribution in [0.1, 0.15) is 19.3 Å². The first-order chi connectivity index (χ1) is 8.65. The van der Waals surface area contributed by atoms with Crippen LogP contribution in [0.2, 0.25) is 5.02 Å². The summed E-state index contributed by atoms with van der Waals surface area (Å²) >= 11 is 9.31. The number of anilines is 1. The summed E-state index contributed by atoms with van der Waals surface area (Å²) in [5.74, 6) is 0.489. The molecule has 1 saturated heterocycles. The van der Waals surface area contributed by atoms with Gasteiger partial charge in [0.15, 0.2) is 0 Å². The summed E-state index contributed by atoms with van der Waals surface area (Å²) < 4.78 is 0.849. The predicted molar refractivity (Wildman–Crippen MR) is 78.0 cm³/mol. The molecule has 1 unspecified atom stereocenters. The molecule has 1 atom stereocenters. The van der Waals surface area contributed by atoms with Gasteiger partial charge in [-0.1, -0.05) is 11.6 Å². The molecule has 1 heterocycles. The van der Waals surface area contributed by atoms with Crippen LogP contribution >= 0.6 is 27.5 Å². The molecular formula is C13H16BrClN2O. The molecule has 18 heavy (non-hydrogen) atoms. The zero-order valence-corrected chi connectivity index (χ0v) is 12.4. The van der Waals surface area contributed by atoms with E-state index in [4.69, 9.17) is 11.6 Å². The number of hydrogen-bond acceptors (Lipinski definition) is 2. The highest BCUT2D eigenvalue weighted by Crippen LogP contribution is 2.26. The molecule has 0 radical (unpaired) electrons. The Labute approximate surface area is 120 Å². The van der Waals surface area contributed by atoms with Crippen LogP contribution in [0.5, 0.6) is 0 Å². The number of hydrogen-bond donors (Lipinski definition) is 2. The Balaban J connectivity index is 1.92. The molecule has 1 aromatic carbocycles. The minimum absolute atomic E-state index is 0.0478. The minimum Gasteiger partial charge on any atom is -0.325 e. The van der Waals surface area contributed by atoms with Crippen molar-refractivity contribution in [3.8, 4) is 0 Å². The molecule has 3 nitrogen and oxygen atoms in total. The maximum Gasteiger partial charge on any atom is 0.224 e. The second-order valence-electron chi connectivity index (χ2n) is 4.59. The number of carbonyl (C=O) groups excluding carboxylic acids is 1. The fourth-order valence-electron chi connectivity index (χ4n) is 2.15. The van der Waals surface area contributed by atoms with Gasteiger partial charge in [-0.3, -0.25) is 4.79 Å². The minimum atomic E-state index is 0.0478. The van der Waals surface area contributed by atoms with E-state index in [1.165, 1.54) is 0 Å². The highest BCUT2D eigenvalue weighted by molar-refractivity contribution is 9.10. The number of benzene rings is 1. The summed E-state index contributed by atoms with van der Waals surface area (Å²) in [6.07, 6.45) is 2.84. The number of piperidine rings is 1. The molecule has 1 amide bonds. The standard InChI is InChI=1S/C13H16BrClN2O/c14-11-4-3-10(15)7-12(11)17-13(18)6-9-2-1-5-16-8-9/h3-4,7,9,16H,1-2,5-6,8H2,(H,17,18). The zero-order chi connectivity index (χ0) is 13.0. The van der Waals surface area contributed by atoms with E-state index in [1.807, 2.05) is 6.07 Å². The van der Waals surface area contributed by atoms with Crippen LogP contribution in [-0.2, 0) is 4.79 Å². The van der Waals surface area contributed by atoms with Gasteiger partial charge in [0.1, 0.15) is 0 Å². The average Bonchev–Trinajstić information content (AvgIpc) is 2.35. The molecule has 0 aliphatic carbocycles. The van der Waals surface area contributed by atoms with E-state index >= 15 is 0 Å². The fourth-order valence-corrected chi connectivity index (χ4v) is 2.67. The van der Waals surface area contributed by atoms with Crippen molar-refractivity contribution in [2.45, 2.75) is 19.3 Å². The Morgan fingerprint density at radius 1 is 1.56 bits per heavy atom. The van der Waals surface area contributed by atoms with Crippen molar-refractivity contribution in [3.63, 3.8) is 0 Å². The lowest BCUT2D eigenvalue weighted by molar-refractivity contribution is -0.117. The molecule has 0 saturated carbocycles. The van der Waals surface area contributed by atoms with E-state index in [0.717, 1.165) is 36.1 Å². The van der Waals surface area contributed by atoms with Crippen LogP contribution in [-0.4, -0.2) is 19.0 Å². The lowest BCUT2D eigenvalue weighted by atomic mass is 9.96. The highest BCUT2D eigenvalue weighted by atomic mass is 79.9. The molecule has 1 aromatic rings. The molecular weight excluding hydrogens is 316 g/mol. The quantitative estimate of drug-likeness (QED) is 0.891. The van der Waals surface area contributed by atoms with E-state index < -0.39 is 0 Å². The first kappa shape index (κ1) is 13.8. The van der Waals surface area contributed by atoms with Crippen molar-refractivity contribution in [2.24, 2.45) is 5.92 Å². The third kappa shape index (κ3) is 3.97. The monoisotopic (exact) mass is 330 g/mol. The summed E-state index contributed by atoms with van der Waals surface area (Å²) in [4.78, 5) is 11.9. The van der Waals surface area contributed by atoms with Crippen molar-refractivity contribution >= 4 is 39.1 Å². The van der Waals surface area contributed by atoms with Crippen LogP contribution in [0.3, 0.4) is 0 Å². The van der Waals surface area contributed by atoms with E-state index in [1.54, 1.807) is 12.1 Å². The average molecular weight is 332 g/mol. The summed E-state index contributed by atoms with van der Waals surface area (Å²) in [5, 5.41) is 6.83. The van der Waals surface area contributed by atoms with Gasteiger partial charge in [0, 0.05) is 15.9 Å². The van der Waals surface area contributed by atoms with E-state index in [-0.39, 0.29) is 5.91 Å². The van der Waals surface area contributed by atoms with Crippen LogP contribution in [0.4, 0.5) is 5.69 Å². The molecule has 1 aliphatic rings. The van der Waals surface area contributed by atoms with Crippen LogP contribution < -0.4 is 10.6 Å². The second-order valence-corrected chi connectivity index (χ2v) is 5.88. The van der Waals surface area contributed by atoms with Crippen LogP contribution in [0, 0.1) is 5.92 Å². The number of carbonyl (C=O) groups is 1. The van der Waals surface area contributed by atoms with Gasteiger partial charge in [-0.15, -0.1) is 0 Å². The van der Waals surface area contributed by atoms with Crippen molar-refractivity contribution < 1.29 is 4.79 Å². The van der Waals surface area contributed by atoms with Crippen molar-refractivity contribution in [1.29, 1.82) is 0 Å². The normalized spacial score (nSPS) is 19.6. The number of halogens is 2. The number of rotatable bonds is 3. The maximum atomic E-state index is 11.9. The molecule has 0 aromatic heterocycles. The van der Waals surface area contributed by atoms with Gasteiger partial charge in [0.25, 0.3) is 0 Å². The maximum absolute atomic E-state index is 11.9. The van der Waals surface area contributed by atoms with Crippen molar-refractivity contribution in [2.75, 3.05) is 18.4 Å². The summed E-state index contributed by atoms with van der Waals surface area (Å²) in [6.45, 7) is 2.00. The lowest BCUT2D eigenvalue weighted by Gasteiger charge is -2.22. The van der Waals surface area contributed by atoms with Crippen molar-refractivity contribution in [1.82, 2.24) is 5.32 Å². The molecule has 98 valence electrons. The highest BCUT2D eigenvalue weighted by Gasteiger charge is 2.17. The van der Waals surface area contributed by atoms with Crippen molar-refractivity contribution in [3.05, 3.63) is 27.7 Å². The molecule has 1 aliphatic heterocycles. The van der Waals surface area contributed by atoms with Gasteiger partial charge in [0.2, 0.25) is 5.91 Å². The topological polar surface area (TPSA) is 41.1 Å². The molecule has 5 heteroatoms. The Morgan fingerprint density at radius 3 is 3.11 bits per heavy atom. The van der Waals surface area contributed by atoms with Gasteiger partial charge in [-0.2, -0.15) is 0 Å². The summed E-state index contributed by atoms with van der Waals surface area (Å²) in [5.41, 5.74) is 0.733. The molecule has 2 N–H and O–H groups in total. The van der Waals surface area contributed by atoms with Gasteiger partial charge < -0.3 is 10.6 Å². The Morgan fingerprint density at radius 2 is 2.39 bits per heavy atom. The molecule has 2 rings (SSSR count). The number of nitrogens with one attached hydrogen (secondary N) is 2. The first-order valence-electron chi connectivity index (χ1n) is 6.11. The Bertz CT molecular complexity index is 433. The Kier molecular flexibility index (Phi) is 5.03. The molecule has 1 fully saturated rings. The smallest absolute Gasteiger partial charge is 0.224 e. The fraction of sp³-hybridized carbons (Fsp3) is 0.462. The van der Waals surface area contributed by atoms with E-state index in [9.17, 15) is 4.79 Å². The van der Waals surface area contributed by atoms with E-state index in [2.05, 4.69) is 26.6 Å². The van der Waals surface area contributed by atoms with E-state index in [0.29, 0.717) is 17.4 Å². The largest absolute Gasteiger partial charge is 0.325 e. The molecule has 0 bridgehead atoms. The third-order valence-electron chi connectivity index (χ3n) is 3.08. The summed E-state index contributed by atoms with van der Waals surface area (Å²) in [7, 11) is 0. The Hall–Kier alpha value is -0.580. The first-order valence-corrected chi connectivity index (χ1v) is 7.28. The zero-order valence-electron chi connectivity index (χ0n) is 10.0. The third-order valence-corrected chi connectivity index (χ3v) is 4.00. The van der Waals surface area contributed by atoms with Crippen LogP contribution in [0.25, 0.3) is 0 Å². The second kappa shape index (κ2) is 6.55. The molecule has 0 spiro atoms. The predicted octanol–water partition coefficient (Wildman–Crippen LogP) is 3.43. The number of amides is 1. The lowest BCUT2D eigenvalue weighted by Crippen LogP contribution is -2.32. The van der Waals surface area contributed by atoms with Gasteiger partial charge in [0.05, 0.1) is 5.69 Å². The van der Waals surface area contributed by atoms with Crippen LogP contribution in [0.15, 0.2) is 22.7 Å².